The van der Waals surface area contributed by atoms with Gasteiger partial charge in [-0.25, -0.2) is 0 Å². The van der Waals surface area contributed by atoms with E-state index in [1.807, 2.05) is 6.20 Å². The molecule has 1 nitrogen and oxygen atoms in total. The predicted molar refractivity (Wildman–Crippen MR) is 59.8 cm³/mol. The van der Waals surface area contributed by atoms with Crippen molar-refractivity contribution in [3.63, 3.8) is 0 Å². The Bertz CT molecular complexity index is 335. The second-order valence-corrected chi connectivity index (χ2v) is 6.52. The Balaban J connectivity index is 2.37. The normalized spacial score (nSPS) is 20.3. The first-order valence-electron chi connectivity index (χ1n) is 5.77. The average molecular weight is 316 g/mol. The van der Waals surface area contributed by atoms with Crippen LogP contribution in [0.4, 0.5) is 0 Å². The number of hydrogen-bond acceptors (Lipinski definition) is 1. The van der Waals surface area contributed by atoms with Gasteiger partial charge in [-0.3, -0.25) is 0 Å². The van der Waals surface area contributed by atoms with E-state index in [-0.39, 0.29) is 0 Å². The van der Waals surface area contributed by atoms with Crippen LogP contribution in [-0.2, 0) is 10.8 Å². The molecule has 0 radical (unpaired) electrons. The van der Waals surface area contributed by atoms with Crippen LogP contribution in [0.15, 0.2) is 12.3 Å². The standard InChI is InChI=1S/C13H19IN/c1-3-10-5-4-6-12-11(9-14-2)7-8-15-13(10)12/h7-8,10H,3-6,9H2,1-2H3/q-1/t10-/m1/s1. The zero-order valence-corrected chi connectivity index (χ0v) is 11.8. The molecule has 1 aromatic heterocycles. The Morgan fingerprint density at radius 2 is 2.40 bits per heavy atom. The third kappa shape index (κ3) is 2.35. The third-order valence-corrected chi connectivity index (χ3v) is 4.91. The fourth-order valence-electron chi connectivity index (χ4n) is 2.52. The Kier molecular flexibility index (Phi) is 4.00. The molecule has 1 heterocycles. The topological polar surface area (TPSA) is 12.9 Å². The minimum absolute atomic E-state index is 0.365. The van der Waals surface area contributed by atoms with Crippen molar-refractivity contribution >= 4 is 0 Å². The summed E-state index contributed by atoms with van der Waals surface area (Å²) in [5, 5.41) is 0. The van der Waals surface area contributed by atoms with Gasteiger partial charge in [0, 0.05) is 0 Å². The van der Waals surface area contributed by atoms with E-state index in [1.54, 1.807) is 11.1 Å². The van der Waals surface area contributed by atoms with Crippen LogP contribution in [0.3, 0.4) is 0 Å². The molecule has 84 valence electrons. The van der Waals surface area contributed by atoms with Gasteiger partial charge in [0.05, 0.1) is 0 Å². The second-order valence-electron chi connectivity index (χ2n) is 4.23. The van der Waals surface area contributed by atoms with Gasteiger partial charge in [-0.1, -0.05) is 0 Å². The van der Waals surface area contributed by atoms with Crippen molar-refractivity contribution in [1.29, 1.82) is 0 Å². The molecule has 0 bridgehead atoms. The number of rotatable bonds is 3. The van der Waals surface area contributed by atoms with Crippen molar-refractivity contribution in [3.05, 3.63) is 29.1 Å². The first-order chi connectivity index (χ1) is 7.36. The number of aromatic nitrogens is 1. The molecule has 1 aliphatic rings. The van der Waals surface area contributed by atoms with Crippen molar-refractivity contribution in [3.8, 4) is 0 Å². The van der Waals surface area contributed by atoms with Gasteiger partial charge in [-0.2, -0.15) is 0 Å². The molecule has 15 heavy (non-hydrogen) atoms. The molecule has 1 aliphatic carbocycles. The van der Waals surface area contributed by atoms with Gasteiger partial charge in [0.1, 0.15) is 0 Å². The summed E-state index contributed by atoms with van der Waals surface area (Å²) in [5.74, 6) is 0.740. The first kappa shape index (κ1) is 11.4. The molecule has 1 atom stereocenters. The molecule has 2 rings (SSSR count). The molecular formula is C13H19IN-. The number of pyridine rings is 1. The molecule has 0 unspecified atom stereocenters. The van der Waals surface area contributed by atoms with Gasteiger partial charge in [0.15, 0.2) is 0 Å². The van der Waals surface area contributed by atoms with E-state index in [0.717, 1.165) is 5.92 Å². The summed E-state index contributed by atoms with van der Waals surface area (Å²) in [6.45, 7) is 2.29. The zero-order valence-electron chi connectivity index (χ0n) is 9.59. The van der Waals surface area contributed by atoms with Crippen LogP contribution < -0.4 is 21.2 Å². The fraction of sp³-hybridized carbons (Fsp3) is 0.615. The molecule has 0 aromatic carbocycles. The number of nitrogens with zero attached hydrogens (tertiary/aromatic N) is 1. The number of fused-ring (bicyclic) bond motifs is 1. The molecule has 0 N–H and O–H groups in total. The van der Waals surface area contributed by atoms with Crippen molar-refractivity contribution in [2.24, 2.45) is 0 Å². The van der Waals surface area contributed by atoms with Crippen molar-refractivity contribution in [1.82, 2.24) is 4.98 Å². The van der Waals surface area contributed by atoms with E-state index >= 15 is 0 Å². The molecule has 0 aliphatic heterocycles. The van der Waals surface area contributed by atoms with Gasteiger partial charge in [0.25, 0.3) is 0 Å². The van der Waals surface area contributed by atoms with Crippen LogP contribution in [0.2, 0.25) is 0 Å². The Morgan fingerprint density at radius 3 is 3.13 bits per heavy atom. The summed E-state index contributed by atoms with van der Waals surface area (Å²) < 4.78 is 1.33. The van der Waals surface area contributed by atoms with Crippen molar-refractivity contribution in [2.45, 2.75) is 43.0 Å². The summed E-state index contributed by atoms with van der Waals surface area (Å²) >= 11 is 0.365. The van der Waals surface area contributed by atoms with Crippen LogP contribution in [0.1, 0.15) is 48.9 Å². The van der Waals surface area contributed by atoms with Gasteiger partial charge in [-0.15, -0.1) is 0 Å². The molecule has 1 aromatic rings. The van der Waals surface area contributed by atoms with E-state index in [1.165, 1.54) is 35.8 Å². The van der Waals surface area contributed by atoms with E-state index in [9.17, 15) is 0 Å². The molecule has 0 amide bonds. The van der Waals surface area contributed by atoms with Crippen LogP contribution in [0.25, 0.3) is 0 Å². The fourth-order valence-corrected chi connectivity index (χ4v) is 4.06. The third-order valence-electron chi connectivity index (χ3n) is 3.32. The molecule has 2 heteroatoms. The van der Waals surface area contributed by atoms with E-state index in [2.05, 4.69) is 22.9 Å². The number of alkyl halides is 2. The molecule has 0 spiro atoms. The van der Waals surface area contributed by atoms with Gasteiger partial charge < -0.3 is 0 Å². The molecule has 0 saturated heterocycles. The SMILES string of the molecule is CC[C@@H]1CCCc2c(C[I-]C)ccnc21. The molecule has 0 fully saturated rings. The van der Waals surface area contributed by atoms with Crippen LogP contribution in [0, 0.1) is 0 Å². The summed E-state index contributed by atoms with van der Waals surface area (Å²) in [6.07, 6.45) is 7.28. The van der Waals surface area contributed by atoms with Gasteiger partial charge >= 0.3 is 103 Å². The molecule has 0 saturated carbocycles. The average Bonchev–Trinajstić information content (AvgIpc) is 2.29. The summed E-state index contributed by atoms with van der Waals surface area (Å²) in [5.41, 5.74) is 4.64. The Labute approximate surface area is 103 Å². The first-order valence-corrected chi connectivity index (χ1v) is 9.45. The van der Waals surface area contributed by atoms with Crippen LogP contribution >= 0.6 is 0 Å². The van der Waals surface area contributed by atoms with Gasteiger partial charge in [0.2, 0.25) is 0 Å². The quantitative estimate of drug-likeness (QED) is 0.571. The maximum atomic E-state index is 4.63. The van der Waals surface area contributed by atoms with E-state index < -0.39 is 0 Å². The van der Waals surface area contributed by atoms with Crippen molar-refractivity contribution in [2.75, 3.05) is 4.93 Å². The number of halogens is 1. The maximum absolute atomic E-state index is 4.63. The minimum atomic E-state index is 0.365. The number of hydrogen-bond donors (Lipinski definition) is 0. The van der Waals surface area contributed by atoms with E-state index in [4.69, 9.17) is 0 Å². The van der Waals surface area contributed by atoms with E-state index in [0.29, 0.717) is 21.2 Å². The monoisotopic (exact) mass is 316 g/mol. The summed E-state index contributed by atoms with van der Waals surface area (Å²) in [7, 11) is 0. The van der Waals surface area contributed by atoms with Crippen LogP contribution in [-0.4, -0.2) is 9.91 Å². The van der Waals surface area contributed by atoms with Gasteiger partial charge in [-0.05, 0) is 0 Å². The van der Waals surface area contributed by atoms with Crippen LogP contribution in [0.5, 0.6) is 0 Å². The summed E-state index contributed by atoms with van der Waals surface area (Å²) in [4.78, 5) is 6.99. The summed E-state index contributed by atoms with van der Waals surface area (Å²) in [6, 6.07) is 2.25. The Morgan fingerprint density at radius 1 is 1.53 bits per heavy atom. The molecular weight excluding hydrogens is 297 g/mol. The van der Waals surface area contributed by atoms with Crippen molar-refractivity contribution < 1.29 is 21.2 Å². The zero-order chi connectivity index (χ0) is 10.7. The Hall–Kier alpha value is -0.120. The second kappa shape index (κ2) is 5.28. The predicted octanol–water partition coefficient (Wildman–Crippen LogP) is 0.130.